The van der Waals surface area contributed by atoms with E-state index < -0.39 is 6.01 Å². The maximum atomic E-state index is 13.8. The SMILES string of the molecule is C[C@@H]1CC[C@H](c2nc(-c3ccccn3)c(F)o2)CN1. The van der Waals surface area contributed by atoms with E-state index in [9.17, 15) is 4.39 Å². The fraction of sp³-hybridized carbons (Fsp3) is 0.429. The molecule has 19 heavy (non-hydrogen) atoms. The molecule has 3 rings (SSSR count). The molecule has 0 unspecified atom stereocenters. The molecule has 2 atom stereocenters. The molecule has 2 aromatic heterocycles. The van der Waals surface area contributed by atoms with Gasteiger partial charge < -0.3 is 9.73 Å². The molecule has 1 saturated heterocycles. The van der Waals surface area contributed by atoms with Crippen molar-refractivity contribution in [1.82, 2.24) is 15.3 Å². The van der Waals surface area contributed by atoms with Crippen LogP contribution in [-0.4, -0.2) is 22.6 Å². The van der Waals surface area contributed by atoms with Crippen LogP contribution in [0.4, 0.5) is 4.39 Å². The summed E-state index contributed by atoms with van der Waals surface area (Å²) < 4.78 is 19.0. The Morgan fingerprint density at radius 3 is 2.95 bits per heavy atom. The van der Waals surface area contributed by atoms with Crippen molar-refractivity contribution < 1.29 is 8.81 Å². The van der Waals surface area contributed by atoms with E-state index in [0.717, 1.165) is 19.4 Å². The lowest BCUT2D eigenvalue weighted by molar-refractivity contribution is 0.288. The smallest absolute Gasteiger partial charge is 0.307 e. The van der Waals surface area contributed by atoms with Crippen LogP contribution < -0.4 is 5.32 Å². The lowest BCUT2D eigenvalue weighted by Gasteiger charge is -2.25. The largest absolute Gasteiger partial charge is 0.415 e. The van der Waals surface area contributed by atoms with Gasteiger partial charge in [0.1, 0.15) is 0 Å². The van der Waals surface area contributed by atoms with Crippen LogP contribution in [-0.2, 0) is 0 Å². The quantitative estimate of drug-likeness (QED) is 0.903. The number of piperidine rings is 1. The van der Waals surface area contributed by atoms with Crippen molar-refractivity contribution in [3.8, 4) is 11.4 Å². The highest BCUT2D eigenvalue weighted by Gasteiger charge is 2.26. The molecule has 0 aromatic carbocycles. The van der Waals surface area contributed by atoms with E-state index in [1.807, 2.05) is 0 Å². The average Bonchev–Trinajstić information content (AvgIpc) is 2.83. The molecule has 2 aromatic rings. The van der Waals surface area contributed by atoms with Crippen molar-refractivity contribution >= 4 is 0 Å². The zero-order valence-electron chi connectivity index (χ0n) is 10.8. The van der Waals surface area contributed by atoms with Crippen LogP contribution in [0.1, 0.15) is 31.6 Å². The third-order valence-corrected chi connectivity index (χ3v) is 3.52. The van der Waals surface area contributed by atoms with Crippen LogP contribution in [0.3, 0.4) is 0 Å². The zero-order chi connectivity index (χ0) is 13.2. The maximum absolute atomic E-state index is 13.8. The van der Waals surface area contributed by atoms with Gasteiger partial charge in [-0.3, -0.25) is 4.98 Å². The second-order valence-corrected chi connectivity index (χ2v) is 4.97. The van der Waals surface area contributed by atoms with E-state index in [4.69, 9.17) is 4.42 Å². The van der Waals surface area contributed by atoms with Gasteiger partial charge in [0.15, 0.2) is 5.69 Å². The highest BCUT2D eigenvalue weighted by Crippen LogP contribution is 2.29. The van der Waals surface area contributed by atoms with Crippen LogP contribution >= 0.6 is 0 Å². The molecule has 0 saturated carbocycles. The number of nitrogens with one attached hydrogen (secondary N) is 1. The molecule has 0 spiro atoms. The van der Waals surface area contributed by atoms with Gasteiger partial charge in [0.2, 0.25) is 5.89 Å². The molecule has 0 radical (unpaired) electrons. The molecule has 5 heteroatoms. The number of rotatable bonds is 2. The molecule has 100 valence electrons. The molecular formula is C14H16FN3O. The fourth-order valence-electron chi connectivity index (χ4n) is 2.36. The lowest BCUT2D eigenvalue weighted by Crippen LogP contribution is -2.35. The minimum atomic E-state index is -0.646. The number of pyridine rings is 1. The number of nitrogens with zero attached hydrogens (tertiary/aromatic N) is 2. The van der Waals surface area contributed by atoms with Crippen molar-refractivity contribution in [3.05, 3.63) is 36.3 Å². The van der Waals surface area contributed by atoms with Gasteiger partial charge in [0, 0.05) is 24.7 Å². The Morgan fingerprint density at radius 1 is 1.37 bits per heavy atom. The second-order valence-electron chi connectivity index (χ2n) is 4.97. The summed E-state index contributed by atoms with van der Waals surface area (Å²) in [4.78, 5) is 8.39. The van der Waals surface area contributed by atoms with Gasteiger partial charge in [0.05, 0.1) is 5.69 Å². The highest BCUT2D eigenvalue weighted by molar-refractivity contribution is 5.52. The van der Waals surface area contributed by atoms with E-state index in [1.54, 1.807) is 24.4 Å². The van der Waals surface area contributed by atoms with E-state index >= 15 is 0 Å². The van der Waals surface area contributed by atoms with E-state index in [-0.39, 0.29) is 11.6 Å². The zero-order valence-corrected chi connectivity index (χ0v) is 10.8. The first-order valence-corrected chi connectivity index (χ1v) is 6.55. The summed E-state index contributed by atoms with van der Waals surface area (Å²) >= 11 is 0. The molecule has 1 aliphatic rings. The Balaban J connectivity index is 1.85. The Hall–Kier alpha value is -1.75. The Bertz CT molecular complexity index is 547. The highest BCUT2D eigenvalue weighted by atomic mass is 19.1. The number of aromatic nitrogens is 2. The van der Waals surface area contributed by atoms with Gasteiger partial charge >= 0.3 is 6.01 Å². The van der Waals surface area contributed by atoms with Gasteiger partial charge in [-0.1, -0.05) is 6.07 Å². The van der Waals surface area contributed by atoms with Gasteiger partial charge in [0.25, 0.3) is 0 Å². The van der Waals surface area contributed by atoms with Crippen molar-refractivity contribution in [2.75, 3.05) is 6.54 Å². The summed E-state index contributed by atoms with van der Waals surface area (Å²) in [6.45, 7) is 2.93. The minimum Gasteiger partial charge on any atom is -0.415 e. The molecule has 0 bridgehead atoms. The molecule has 0 amide bonds. The molecule has 1 fully saturated rings. The summed E-state index contributed by atoms with van der Waals surface area (Å²) in [5.74, 6) is 0.612. The van der Waals surface area contributed by atoms with Crippen LogP contribution in [0.5, 0.6) is 0 Å². The van der Waals surface area contributed by atoms with Gasteiger partial charge in [-0.05, 0) is 31.9 Å². The third kappa shape index (κ3) is 2.51. The first-order valence-electron chi connectivity index (χ1n) is 6.55. The number of halogens is 1. The first-order chi connectivity index (χ1) is 9.24. The van der Waals surface area contributed by atoms with Gasteiger partial charge in [-0.2, -0.15) is 4.39 Å². The third-order valence-electron chi connectivity index (χ3n) is 3.52. The average molecular weight is 261 g/mol. The number of hydrogen-bond acceptors (Lipinski definition) is 4. The molecule has 1 aliphatic heterocycles. The van der Waals surface area contributed by atoms with Crippen molar-refractivity contribution in [3.63, 3.8) is 0 Å². The van der Waals surface area contributed by atoms with Crippen LogP contribution in [0.25, 0.3) is 11.4 Å². The fourth-order valence-corrected chi connectivity index (χ4v) is 2.36. The van der Waals surface area contributed by atoms with Crippen LogP contribution in [0, 0.1) is 6.01 Å². The van der Waals surface area contributed by atoms with Crippen LogP contribution in [0.15, 0.2) is 28.8 Å². The molecular weight excluding hydrogens is 245 g/mol. The molecule has 0 aliphatic carbocycles. The predicted molar refractivity (Wildman–Crippen MR) is 69.1 cm³/mol. The Morgan fingerprint density at radius 2 is 2.26 bits per heavy atom. The molecule has 1 N–H and O–H groups in total. The van der Waals surface area contributed by atoms with Crippen LogP contribution in [0.2, 0.25) is 0 Å². The standard InChI is InChI=1S/C14H16FN3O/c1-9-5-6-10(8-17-9)14-18-12(13(15)19-14)11-4-2-3-7-16-11/h2-4,7,9-10,17H,5-6,8H2,1H3/t9-,10+/m1/s1. The van der Waals surface area contributed by atoms with Crippen molar-refractivity contribution in [1.29, 1.82) is 0 Å². The second kappa shape index (κ2) is 5.09. The normalized spacial score (nSPS) is 23.5. The minimum absolute atomic E-state index is 0.142. The van der Waals surface area contributed by atoms with Crippen molar-refractivity contribution in [2.45, 2.75) is 31.7 Å². The predicted octanol–water partition coefficient (Wildman–Crippen LogP) is 2.73. The molecule has 4 nitrogen and oxygen atoms in total. The summed E-state index contributed by atoms with van der Waals surface area (Å²) in [5, 5.41) is 3.36. The topological polar surface area (TPSA) is 51.0 Å². The first kappa shape index (κ1) is 12.3. The maximum Gasteiger partial charge on any atom is 0.307 e. The van der Waals surface area contributed by atoms with Crippen molar-refractivity contribution in [2.24, 2.45) is 0 Å². The molecule has 3 heterocycles. The summed E-state index contributed by atoms with van der Waals surface area (Å²) in [7, 11) is 0. The lowest BCUT2D eigenvalue weighted by atomic mass is 9.95. The van der Waals surface area contributed by atoms with E-state index in [0.29, 0.717) is 17.6 Å². The summed E-state index contributed by atoms with van der Waals surface area (Å²) in [6, 6.07) is 5.18. The van der Waals surface area contributed by atoms with E-state index in [1.165, 1.54) is 0 Å². The van der Waals surface area contributed by atoms with Gasteiger partial charge in [-0.15, -0.1) is 0 Å². The van der Waals surface area contributed by atoms with Gasteiger partial charge in [-0.25, -0.2) is 4.98 Å². The summed E-state index contributed by atoms with van der Waals surface area (Å²) in [5.41, 5.74) is 0.710. The Kier molecular flexibility index (Phi) is 3.29. The number of hydrogen-bond donors (Lipinski definition) is 1. The summed E-state index contributed by atoms with van der Waals surface area (Å²) in [6.07, 6.45) is 3.64. The monoisotopic (exact) mass is 261 g/mol. The number of oxazole rings is 1. The Labute approximate surface area is 111 Å². The van der Waals surface area contributed by atoms with E-state index in [2.05, 4.69) is 22.2 Å².